The van der Waals surface area contributed by atoms with Gasteiger partial charge in [0.05, 0.1) is 5.71 Å². The lowest BCUT2D eigenvalue weighted by Crippen LogP contribution is -2.58. The van der Waals surface area contributed by atoms with Gasteiger partial charge in [-0.25, -0.2) is 0 Å². The molecule has 0 radical (unpaired) electrons. The molecule has 66 valence electrons. The summed E-state index contributed by atoms with van der Waals surface area (Å²) >= 11 is 0. The second kappa shape index (κ2) is 2.22. The van der Waals surface area contributed by atoms with E-state index in [-0.39, 0.29) is 0 Å². The van der Waals surface area contributed by atoms with Gasteiger partial charge in [0, 0.05) is 31.5 Å². The van der Waals surface area contributed by atoms with Crippen LogP contribution in [0.5, 0.6) is 0 Å². The number of hydrogen-bond donors (Lipinski definition) is 1. The minimum absolute atomic E-state index is 0.584. The van der Waals surface area contributed by atoms with Crippen LogP contribution in [0.1, 0.15) is 12.8 Å². The quantitative estimate of drug-likeness (QED) is 0.426. The second-order valence-electron chi connectivity index (χ2n) is 4.47. The first kappa shape index (κ1) is 6.89. The zero-order valence-corrected chi connectivity index (χ0v) is 7.11. The van der Waals surface area contributed by atoms with E-state index in [9.17, 15) is 0 Å². The Balaban J connectivity index is 1.95. The molecule has 3 heterocycles. The Labute approximate surface area is 72.0 Å². The molecule has 4 aliphatic rings. The van der Waals surface area contributed by atoms with E-state index in [0.717, 1.165) is 24.7 Å². The highest BCUT2D eigenvalue weighted by molar-refractivity contribution is 5.90. The van der Waals surface area contributed by atoms with Gasteiger partial charge in [-0.3, -0.25) is 0 Å². The molecule has 3 saturated heterocycles. The first-order chi connectivity index (χ1) is 5.86. The predicted octanol–water partition coefficient (Wildman–Crippen LogP) is 0.788. The van der Waals surface area contributed by atoms with Gasteiger partial charge in [-0.1, -0.05) is 5.16 Å². The summed E-state index contributed by atoms with van der Waals surface area (Å²) in [7, 11) is 0. The lowest BCUT2D eigenvalue weighted by atomic mass is 9.67. The number of nitrogens with zero attached hydrogens (tertiary/aromatic N) is 2. The molecule has 0 aromatic carbocycles. The van der Waals surface area contributed by atoms with Crippen LogP contribution in [0, 0.1) is 17.8 Å². The largest absolute Gasteiger partial charge is 0.411 e. The summed E-state index contributed by atoms with van der Waals surface area (Å²) in [6.45, 7) is 3.59. The summed E-state index contributed by atoms with van der Waals surface area (Å²) in [5.41, 5.74) is 1.10. The van der Waals surface area contributed by atoms with E-state index in [1.807, 2.05) is 0 Å². The van der Waals surface area contributed by atoms with Crippen molar-refractivity contribution < 1.29 is 5.21 Å². The summed E-state index contributed by atoms with van der Waals surface area (Å²) in [4.78, 5) is 2.53. The summed E-state index contributed by atoms with van der Waals surface area (Å²) in [6, 6.07) is 0. The zero-order chi connectivity index (χ0) is 8.13. The van der Waals surface area contributed by atoms with Gasteiger partial charge < -0.3 is 10.1 Å². The van der Waals surface area contributed by atoms with Crippen LogP contribution in [0.2, 0.25) is 0 Å². The molecule has 1 saturated carbocycles. The van der Waals surface area contributed by atoms with Crippen LogP contribution in [-0.4, -0.2) is 35.5 Å². The van der Waals surface area contributed by atoms with Crippen LogP contribution >= 0.6 is 0 Å². The maximum Gasteiger partial charge on any atom is 0.0658 e. The van der Waals surface area contributed by atoms with Gasteiger partial charge >= 0.3 is 0 Å². The maximum atomic E-state index is 8.87. The number of piperidine rings is 3. The van der Waals surface area contributed by atoms with Crippen molar-refractivity contribution in [3.8, 4) is 0 Å². The van der Waals surface area contributed by atoms with Crippen LogP contribution in [0.25, 0.3) is 0 Å². The molecule has 1 N–H and O–H groups in total. The van der Waals surface area contributed by atoms with Crippen LogP contribution in [0.15, 0.2) is 5.16 Å². The minimum Gasteiger partial charge on any atom is -0.411 e. The van der Waals surface area contributed by atoms with E-state index in [1.54, 1.807) is 0 Å². The number of hydrogen-bond acceptors (Lipinski definition) is 3. The molecule has 12 heavy (non-hydrogen) atoms. The van der Waals surface area contributed by atoms with Gasteiger partial charge in [0.2, 0.25) is 0 Å². The third kappa shape index (κ3) is 0.774. The van der Waals surface area contributed by atoms with Gasteiger partial charge in [-0.15, -0.1) is 0 Å². The molecule has 0 aromatic rings. The average molecular weight is 166 g/mol. The molecular formula is C9H14N2O. The molecule has 4 atom stereocenters. The van der Waals surface area contributed by atoms with E-state index in [0.29, 0.717) is 11.8 Å². The topological polar surface area (TPSA) is 35.8 Å². The Morgan fingerprint density at radius 3 is 2.33 bits per heavy atom. The van der Waals surface area contributed by atoms with Gasteiger partial charge in [0.15, 0.2) is 0 Å². The van der Waals surface area contributed by atoms with Gasteiger partial charge in [-0.2, -0.15) is 0 Å². The van der Waals surface area contributed by atoms with Crippen LogP contribution in [0.4, 0.5) is 0 Å². The second-order valence-corrected chi connectivity index (χ2v) is 4.47. The summed E-state index contributed by atoms with van der Waals surface area (Å²) < 4.78 is 0. The van der Waals surface area contributed by atoms with Gasteiger partial charge in [0.25, 0.3) is 0 Å². The van der Waals surface area contributed by atoms with E-state index < -0.39 is 0 Å². The first-order valence-electron chi connectivity index (χ1n) is 4.81. The Kier molecular flexibility index (Phi) is 1.28. The van der Waals surface area contributed by atoms with E-state index >= 15 is 0 Å². The number of rotatable bonds is 0. The van der Waals surface area contributed by atoms with Crippen molar-refractivity contribution in [2.24, 2.45) is 22.9 Å². The van der Waals surface area contributed by atoms with E-state index in [1.165, 1.54) is 19.4 Å². The lowest BCUT2D eigenvalue weighted by molar-refractivity contribution is 0.0534. The Morgan fingerprint density at radius 2 is 1.83 bits per heavy atom. The average Bonchev–Trinajstić information content (AvgIpc) is 2.02. The molecule has 1 aliphatic carbocycles. The van der Waals surface area contributed by atoms with Crippen molar-refractivity contribution in [3.63, 3.8) is 0 Å². The number of oxime groups is 1. The van der Waals surface area contributed by atoms with Gasteiger partial charge in [-0.05, 0) is 18.8 Å². The Morgan fingerprint density at radius 1 is 1.17 bits per heavy atom. The molecule has 3 aliphatic heterocycles. The minimum atomic E-state index is 0.584. The zero-order valence-electron chi connectivity index (χ0n) is 7.11. The van der Waals surface area contributed by atoms with Gasteiger partial charge in [0.1, 0.15) is 0 Å². The lowest BCUT2D eigenvalue weighted by Gasteiger charge is -2.51. The van der Waals surface area contributed by atoms with Crippen molar-refractivity contribution >= 4 is 5.71 Å². The smallest absolute Gasteiger partial charge is 0.0658 e. The Hall–Kier alpha value is -0.570. The third-order valence-corrected chi connectivity index (χ3v) is 3.66. The highest BCUT2D eigenvalue weighted by atomic mass is 16.4. The van der Waals surface area contributed by atoms with Crippen LogP contribution in [0.3, 0.4) is 0 Å². The molecule has 3 nitrogen and oxygen atoms in total. The standard InChI is InChI=1S/C9H14N2O/c12-10-9-7-1-6-2-8(9)5-11(3-6)4-7/h6-8,12H,1-5H2/b10-9-/t6-,7-,8+/m0/s1. The molecule has 0 amide bonds. The predicted molar refractivity (Wildman–Crippen MR) is 45.4 cm³/mol. The normalized spacial score (nSPS) is 53.5. The summed E-state index contributed by atoms with van der Waals surface area (Å²) in [6.07, 6.45) is 2.54. The molecule has 4 bridgehead atoms. The van der Waals surface area contributed by atoms with Crippen molar-refractivity contribution in [3.05, 3.63) is 0 Å². The molecule has 4 fully saturated rings. The van der Waals surface area contributed by atoms with E-state index in [4.69, 9.17) is 5.21 Å². The fraction of sp³-hybridized carbons (Fsp3) is 0.889. The van der Waals surface area contributed by atoms with Crippen molar-refractivity contribution in [2.75, 3.05) is 19.6 Å². The van der Waals surface area contributed by atoms with E-state index in [2.05, 4.69) is 10.1 Å². The van der Waals surface area contributed by atoms with Crippen LogP contribution in [-0.2, 0) is 0 Å². The maximum absolute atomic E-state index is 8.87. The molecule has 0 spiro atoms. The monoisotopic (exact) mass is 166 g/mol. The molecule has 0 aromatic heterocycles. The van der Waals surface area contributed by atoms with Crippen LogP contribution < -0.4 is 0 Å². The SMILES string of the molecule is O/N=C1\[C@@H]2C[C@@H]3C[C@H]1C[N@@](C3)C2. The highest BCUT2D eigenvalue weighted by Gasteiger charge is 2.45. The fourth-order valence-electron chi connectivity index (χ4n) is 3.34. The first-order valence-corrected chi connectivity index (χ1v) is 4.81. The molecule has 0 unspecified atom stereocenters. The highest BCUT2D eigenvalue weighted by Crippen LogP contribution is 2.41. The fourth-order valence-corrected chi connectivity index (χ4v) is 3.34. The molecule has 3 heteroatoms. The molecular weight excluding hydrogens is 152 g/mol. The summed E-state index contributed by atoms with van der Waals surface area (Å²) in [5, 5.41) is 12.3. The summed E-state index contributed by atoms with van der Waals surface area (Å²) in [5.74, 6) is 2.07. The van der Waals surface area contributed by atoms with Crippen molar-refractivity contribution in [1.82, 2.24) is 4.90 Å². The molecule has 4 rings (SSSR count). The third-order valence-electron chi connectivity index (χ3n) is 3.66. The van der Waals surface area contributed by atoms with Crippen molar-refractivity contribution in [2.45, 2.75) is 12.8 Å². The van der Waals surface area contributed by atoms with Crippen molar-refractivity contribution in [1.29, 1.82) is 0 Å². The Bertz CT molecular complexity index is 207.